The molecule has 0 bridgehead atoms. The summed E-state index contributed by atoms with van der Waals surface area (Å²) >= 11 is 12.8. The lowest BCUT2D eigenvalue weighted by molar-refractivity contribution is 1.11. The van der Waals surface area contributed by atoms with Gasteiger partial charge in [0.2, 0.25) is 5.28 Å². The molecule has 20 heavy (non-hydrogen) atoms. The van der Waals surface area contributed by atoms with E-state index in [1.807, 2.05) is 12.1 Å². The molecule has 0 fully saturated rings. The number of nitrogens with zero attached hydrogens (tertiary/aromatic N) is 2. The Bertz CT molecular complexity index is 756. The Morgan fingerprint density at radius 3 is 2.70 bits per heavy atom. The van der Waals surface area contributed by atoms with E-state index in [9.17, 15) is 0 Å². The van der Waals surface area contributed by atoms with Crippen LogP contribution in [0.4, 0.5) is 0 Å². The molecule has 3 aromatic rings. The number of aryl methyl sites for hydroxylation is 1. The van der Waals surface area contributed by atoms with Crippen LogP contribution in [0.15, 0.2) is 44.7 Å². The van der Waals surface area contributed by atoms with Crippen molar-refractivity contribution in [3.8, 4) is 0 Å². The molecule has 0 amide bonds. The van der Waals surface area contributed by atoms with Crippen LogP contribution in [0.3, 0.4) is 0 Å². The second kappa shape index (κ2) is 6.02. The molecule has 0 saturated heterocycles. The second-order valence-electron chi connectivity index (χ2n) is 4.14. The molecule has 3 rings (SSSR count). The summed E-state index contributed by atoms with van der Waals surface area (Å²) < 4.78 is 1.07. The van der Waals surface area contributed by atoms with Crippen LogP contribution in [0, 0.1) is 0 Å². The van der Waals surface area contributed by atoms with Gasteiger partial charge in [0.05, 0.1) is 0 Å². The second-order valence-corrected chi connectivity index (χ2v) is 7.57. The predicted molar refractivity (Wildman–Crippen MR) is 90.1 cm³/mol. The van der Waals surface area contributed by atoms with E-state index in [1.165, 1.54) is 4.88 Å². The van der Waals surface area contributed by atoms with Crippen molar-refractivity contribution in [2.24, 2.45) is 0 Å². The van der Waals surface area contributed by atoms with Crippen LogP contribution in [-0.2, 0) is 6.42 Å². The van der Waals surface area contributed by atoms with Crippen molar-refractivity contribution in [1.29, 1.82) is 0 Å². The number of aromatic nitrogens is 2. The zero-order valence-electron chi connectivity index (χ0n) is 10.6. The zero-order valence-corrected chi connectivity index (χ0v) is 14.5. The van der Waals surface area contributed by atoms with Crippen LogP contribution < -0.4 is 0 Å². The molecular formula is C14H10BrClN2S2. The summed E-state index contributed by atoms with van der Waals surface area (Å²) in [7, 11) is 0. The van der Waals surface area contributed by atoms with Gasteiger partial charge in [-0.1, -0.05) is 34.6 Å². The molecule has 0 saturated carbocycles. The summed E-state index contributed by atoms with van der Waals surface area (Å²) in [6, 6.07) is 10.3. The topological polar surface area (TPSA) is 25.8 Å². The minimum absolute atomic E-state index is 0.307. The summed E-state index contributed by atoms with van der Waals surface area (Å²) in [4.78, 5) is 12.1. The van der Waals surface area contributed by atoms with Crippen LogP contribution in [0.5, 0.6) is 0 Å². The predicted octanol–water partition coefficient (Wildman–Crippen LogP) is 5.82. The van der Waals surface area contributed by atoms with Gasteiger partial charge in [0.1, 0.15) is 9.86 Å². The van der Waals surface area contributed by atoms with Gasteiger partial charge < -0.3 is 0 Å². The average molecular weight is 386 g/mol. The Labute approximate surface area is 138 Å². The molecule has 102 valence electrons. The summed E-state index contributed by atoms with van der Waals surface area (Å²) in [6.07, 6.45) is 1.00. The van der Waals surface area contributed by atoms with Crippen molar-refractivity contribution in [3.63, 3.8) is 0 Å². The Balaban J connectivity index is 2.05. The van der Waals surface area contributed by atoms with Crippen LogP contribution in [-0.4, -0.2) is 9.97 Å². The molecule has 0 N–H and O–H groups in total. The van der Waals surface area contributed by atoms with Gasteiger partial charge in [-0.15, -0.1) is 11.3 Å². The first-order valence-corrected chi connectivity index (χ1v) is 8.85. The van der Waals surface area contributed by atoms with Gasteiger partial charge in [-0.05, 0) is 48.4 Å². The third-order valence-corrected chi connectivity index (χ3v) is 5.64. The highest BCUT2D eigenvalue weighted by Gasteiger charge is 2.11. The van der Waals surface area contributed by atoms with Crippen LogP contribution in [0.1, 0.15) is 11.8 Å². The van der Waals surface area contributed by atoms with Crippen molar-refractivity contribution < 1.29 is 0 Å². The highest BCUT2D eigenvalue weighted by Crippen LogP contribution is 2.36. The maximum absolute atomic E-state index is 6.03. The Hall–Kier alpha value is -0.620. The largest absolute Gasteiger partial charge is 0.224 e. The number of hydrogen-bond donors (Lipinski definition) is 0. The zero-order chi connectivity index (χ0) is 14.1. The first kappa shape index (κ1) is 14.3. The number of thiophene rings is 1. The fourth-order valence-electron chi connectivity index (χ4n) is 1.79. The van der Waals surface area contributed by atoms with Gasteiger partial charge in [-0.25, -0.2) is 9.97 Å². The smallest absolute Gasteiger partial charge is 0.210 e. The summed E-state index contributed by atoms with van der Waals surface area (Å²) in [5.74, 6) is 0. The van der Waals surface area contributed by atoms with E-state index >= 15 is 0 Å². The Morgan fingerprint density at radius 2 is 2.00 bits per heavy atom. The number of halogens is 2. The highest BCUT2D eigenvalue weighted by molar-refractivity contribution is 9.10. The number of hydrogen-bond acceptors (Lipinski definition) is 4. The van der Waals surface area contributed by atoms with Crippen molar-refractivity contribution in [1.82, 2.24) is 9.97 Å². The van der Waals surface area contributed by atoms with E-state index in [1.54, 1.807) is 23.1 Å². The molecule has 0 aliphatic rings. The van der Waals surface area contributed by atoms with Crippen LogP contribution in [0.25, 0.3) is 10.2 Å². The summed E-state index contributed by atoms with van der Waals surface area (Å²) in [5, 5.41) is 2.31. The molecule has 0 aliphatic heterocycles. The van der Waals surface area contributed by atoms with Crippen LogP contribution >= 0.6 is 50.6 Å². The maximum atomic E-state index is 6.03. The van der Waals surface area contributed by atoms with Gasteiger partial charge in [0.15, 0.2) is 0 Å². The SMILES string of the molecule is CCc1cc2c(Sc3ccc(Br)cc3)nc(Cl)nc2s1. The third kappa shape index (κ3) is 3.01. The minimum Gasteiger partial charge on any atom is -0.210 e. The normalized spacial score (nSPS) is 11.2. The van der Waals surface area contributed by atoms with Gasteiger partial charge in [0.25, 0.3) is 0 Å². The van der Waals surface area contributed by atoms with Crippen LogP contribution in [0.2, 0.25) is 5.28 Å². The van der Waals surface area contributed by atoms with E-state index in [0.717, 1.165) is 31.0 Å². The Morgan fingerprint density at radius 1 is 1.25 bits per heavy atom. The molecule has 0 unspecified atom stereocenters. The average Bonchev–Trinajstić information content (AvgIpc) is 2.84. The first-order valence-electron chi connectivity index (χ1n) is 6.05. The maximum Gasteiger partial charge on any atom is 0.224 e. The molecule has 0 radical (unpaired) electrons. The fraction of sp³-hybridized carbons (Fsp3) is 0.143. The highest BCUT2D eigenvalue weighted by atomic mass is 79.9. The first-order chi connectivity index (χ1) is 9.65. The van der Waals surface area contributed by atoms with Gasteiger partial charge in [-0.2, -0.15) is 0 Å². The van der Waals surface area contributed by atoms with Crippen molar-refractivity contribution in [2.75, 3.05) is 0 Å². The molecule has 2 heterocycles. The van der Waals surface area contributed by atoms with Crippen molar-refractivity contribution in [3.05, 3.63) is 45.0 Å². The molecule has 0 spiro atoms. The quantitative estimate of drug-likeness (QED) is 0.419. The van der Waals surface area contributed by atoms with Gasteiger partial charge in [-0.3, -0.25) is 0 Å². The van der Waals surface area contributed by atoms with E-state index in [4.69, 9.17) is 11.6 Å². The minimum atomic E-state index is 0.307. The Kier molecular flexibility index (Phi) is 4.31. The molecule has 0 atom stereocenters. The van der Waals surface area contributed by atoms with Gasteiger partial charge in [0, 0.05) is 19.6 Å². The molecule has 2 nitrogen and oxygen atoms in total. The fourth-order valence-corrected chi connectivity index (χ4v) is 4.25. The molecule has 6 heteroatoms. The number of benzene rings is 1. The molecular weight excluding hydrogens is 376 g/mol. The van der Waals surface area contributed by atoms with Gasteiger partial charge >= 0.3 is 0 Å². The van der Waals surface area contributed by atoms with Crippen molar-refractivity contribution in [2.45, 2.75) is 23.3 Å². The standard InChI is InChI=1S/C14H10BrClN2S2/c1-2-9-7-11-12(19-9)17-14(16)18-13(11)20-10-5-3-8(15)4-6-10/h3-7H,2H2,1H3. The number of fused-ring (bicyclic) bond motifs is 1. The summed E-state index contributed by atoms with van der Waals surface area (Å²) in [5.41, 5.74) is 0. The van der Waals surface area contributed by atoms with E-state index in [-0.39, 0.29) is 0 Å². The number of rotatable bonds is 3. The molecule has 0 aliphatic carbocycles. The van der Waals surface area contributed by atoms with Crippen molar-refractivity contribution >= 4 is 60.8 Å². The monoisotopic (exact) mass is 384 g/mol. The third-order valence-electron chi connectivity index (χ3n) is 2.76. The van der Waals surface area contributed by atoms with E-state index in [2.05, 4.69) is 51.0 Å². The lowest BCUT2D eigenvalue weighted by Gasteiger charge is -2.03. The lowest BCUT2D eigenvalue weighted by Crippen LogP contribution is -1.86. The summed E-state index contributed by atoms with van der Waals surface area (Å²) in [6.45, 7) is 2.14. The van der Waals surface area contributed by atoms with E-state index < -0.39 is 0 Å². The molecule has 1 aromatic carbocycles. The lowest BCUT2D eigenvalue weighted by atomic mass is 10.3. The van der Waals surface area contributed by atoms with E-state index in [0.29, 0.717) is 5.28 Å². The molecule has 2 aromatic heterocycles.